The summed E-state index contributed by atoms with van der Waals surface area (Å²) in [4.78, 5) is 15.2. The summed E-state index contributed by atoms with van der Waals surface area (Å²) in [5.74, 6) is 3.03. The number of thiocarbonyl (C=S) groups is 1. The largest absolute Gasteiger partial charge is 0.497 e. The van der Waals surface area contributed by atoms with E-state index in [-0.39, 0.29) is 5.91 Å². The summed E-state index contributed by atoms with van der Waals surface area (Å²) in [6.45, 7) is 3.03. The third-order valence-electron chi connectivity index (χ3n) is 5.36. The lowest BCUT2D eigenvalue weighted by atomic mass is 10.1. The molecule has 0 bridgehead atoms. The van der Waals surface area contributed by atoms with Gasteiger partial charge in [0.15, 0.2) is 27.3 Å². The maximum atomic E-state index is 13.1. The molecule has 0 spiro atoms. The van der Waals surface area contributed by atoms with E-state index in [1.54, 1.807) is 32.4 Å². The minimum absolute atomic E-state index is 0.174. The number of carbonyl (C=O) groups excluding carboxylic acids is 1. The number of benzene rings is 3. The number of anilines is 1. The number of carbonyl (C=O) groups is 1. The van der Waals surface area contributed by atoms with E-state index in [1.165, 1.54) is 16.7 Å². The highest BCUT2D eigenvalue weighted by molar-refractivity contribution is 8.27. The summed E-state index contributed by atoms with van der Waals surface area (Å²) in [6.07, 6.45) is 1.81. The van der Waals surface area contributed by atoms with E-state index in [0.29, 0.717) is 63.5 Å². The van der Waals surface area contributed by atoms with Crippen LogP contribution >= 0.6 is 24.0 Å². The first-order chi connectivity index (χ1) is 18.0. The van der Waals surface area contributed by atoms with Crippen molar-refractivity contribution < 1.29 is 28.5 Å². The van der Waals surface area contributed by atoms with Gasteiger partial charge in [-0.2, -0.15) is 0 Å². The smallest absolute Gasteiger partial charge is 0.270 e. The highest BCUT2D eigenvalue weighted by Gasteiger charge is 2.33. The quantitative estimate of drug-likeness (QED) is 0.169. The molecule has 0 saturated carbocycles. The van der Waals surface area contributed by atoms with Gasteiger partial charge in [0.25, 0.3) is 5.91 Å². The molecule has 1 fully saturated rings. The Balaban J connectivity index is 1.44. The third-order valence-corrected chi connectivity index (χ3v) is 6.66. The minimum atomic E-state index is -0.174. The highest BCUT2D eigenvalue weighted by Crippen LogP contribution is 2.37. The molecule has 0 atom stereocenters. The Labute approximate surface area is 225 Å². The SMILES string of the molecule is CCOc1cc(C=C2SC(=S)N(c3ccc(OC)cc3)C2=O)ccc1OCCOc1ccccc1OC. The van der Waals surface area contributed by atoms with Crippen LogP contribution in [0.2, 0.25) is 0 Å². The van der Waals surface area contributed by atoms with Crippen molar-refractivity contribution in [2.75, 3.05) is 38.9 Å². The van der Waals surface area contributed by atoms with Gasteiger partial charge in [-0.05, 0) is 67.1 Å². The van der Waals surface area contributed by atoms with Crippen molar-refractivity contribution in [1.82, 2.24) is 0 Å². The van der Waals surface area contributed by atoms with Gasteiger partial charge in [-0.25, -0.2) is 0 Å². The predicted molar refractivity (Wildman–Crippen MR) is 150 cm³/mol. The van der Waals surface area contributed by atoms with Gasteiger partial charge in [0.1, 0.15) is 19.0 Å². The van der Waals surface area contributed by atoms with E-state index in [1.807, 2.05) is 61.5 Å². The van der Waals surface area contributed by atoms with E-state index >= 15 is 0 Å². The molecule has 1 heterocycles. The molecule has 0 N–H and O–H groups in total. The van der Waals surface area contributed by atoms with Crippen LogP contribution in [-0.4, -0.2) is 44.3 Å². The molecule has 192 valence electrons. The summed E-state index contributed by atoms with van der Waals surface area (Å²) in [5, 5.41) is 0. The van der Waals surface area contributed by atoms with Gasteiger partial charge in [-0.15, -0.1) is 0 Å². The number of para-hydroxylation sites is 2. The first kappa shape index (κ1) is 26.4. The van der Waals surface area contributed by atoms with Crippen LogP contribution in [0.1, 0.15) is 12.5 Å². The van der Waals surface area contributed by atoms with Crippen molar-refractivity contribution in [3.05, 3.63) is 77.2 Å². The molecule has 1 saturated heterocycles. The van der Waals surface area contributed by atoms with Gasteiger partial charge < -0.3 is 23.7 Å². The van der Waals surface area contributed by atoms with Gasteiger partial charge in [0.05, 0.1) is 31.4 Å². The molecule has 0 aromatic heterocycles. The van der Waals surface area contributed by atoms with Crippen molar-refractivity contribution in [3.63, 3.8) is 0 Å². The van der Waals surface area contributed by atoms with Crippen LogP contribution in [0.5, 0.6) is 28.7 Å². The molecule has 3 aromatic rings. The zero-order chi connectivity index (χ0) is 26.2. The minimum Gasteiger partial charge on any atom is -0.497 e. The van der Waals surface area contributed by atoms with Crippen LogP contribution in [0.15, 0.2) is 71.6 Å². The monoisotopic (exact) mass is 537 g/mol. The predicted octanol–water partition coefficient (Wildman–Crippen LogP) is 5.97. The Bertz CT molecular complexity index is 1290. The van der Waals surface area contributed by atoms with Crippen LogP contribution in [0.25, 0.3) is 6.08 Å². The van der Waals surface area contributed by atoms with Gasteiger partial charge in [-0.1, -0.05) is 42.2 Å². The summed E-state index contributed by atoms with van der Waals surface area (Å²) in [7, 11) is 3.20. The van der Waals surface area contributed by atoms with Crippen LogP contribution in [0.4, 0.5) is 5.69 Å². The second-order valence-electron chi connectivity index (χ2n) is 7.70. The molecular formula is C28H27NO6S2. The highest BCUT2D eigenvalue weighted by atomic mass is 32.2. The Morgan fingerprint density at radius 2 is 1.51 bits per heavy atom. The van der Waals surface area contributed by atoms with E-state index in [4.69, 9.17) is 35.9 Å². The molecule has 3 aromatic carbocycles. The van der Waals surface area contributed by atoms with Crippen LogP contribution in [-0.2, 0) is 4.79 Å². The first-order valence-corrected chi connectivity index (χ1v) is 12.8. The van der Waals surface area contributed by atoms with Crippen molar-refractivity contribution >= 4 is 46.0 Å². The Kier molecular flexibility index (Phi) is 8.92. The van der Waals surface area contributed by atoms with Gasteiger partial charge in [-0.3, -0.25) is 9.69 Å². The molecule has 0 aliphatic carbocycles. The van der Waals surface area contributed by atoms with Gasteiger partial charge >= 0.3 is 0 Å². The number of rotatable bonds is 11. The summed E-state index contributed by atoms with van der Waals surface area (Å²) in [6, 6.07) is 20.2. The molecule has 1 aliphatic heterocycles. The topological polar surface area (TPSA) is 66.5 Å². The van der Waals surface area contributed by atoms with E-state index in [9.17, 15) is 4.79 Å². The standard InChI is InChI=1S/C28H27NO6S2/c1-4-33-25-17-19(9-14-24(25)35-16-15-34-23-8-6-5-7-22(23)32-3)18-26-27(30)29(28(36)37-26)20-10-12-21(31-2)13-11-20/h5-14,17-18H,4,15-16H2,1-3H3. The Hall–Kier alpha value is -3.69. The zero-order valence-corrected chi connectivity index (χ0v) is 22.4. The van der Waals surface area contributed by atoms with Gasteiger partial charge in [0, 0.05) is 0 Å². The summed E-state index contributed by atoms with van der Waals surface area (Å²) in [5.41, 5.74) is 1.50. The lowest BCUT2D eigenvalue weighted by Crippen LogP contribution is -2.27. The van der Waals surface area contributed by atoms with Crippen LogP contribution in [0, 0.1) is 0 Å². The van der Waals surface area contributed by atoms with Crippen LogP contribution < -0.4 is 28.6 Å². The Morgan fingerprint density at radius 1 is 0.838 bits per heavy atom. The second-order valence-corrected chi connectivity index (χ2v) is 9.38. The molecule has 7 nitrogen and oxygen atoms in total. The molecule has 0 unspecified atom stereocenters. The van der Waals surface area contributed by atoms with E-state index < -0.39 is 0 Å². The number of amides is 1. The maximum absolute atomic E-state index is 13.1. The fourth-order valence-corrected chi connectivity index (χ4v) is 4.92. The summed E-state index contributed by atoms with van der Waals surface area (Å²) >= 11 is 6.75. The molecular weight excluding hydrogens is 510 g/mol. The number of hydrogen-bond acceptors (Lipinski definition) is 8. The average Bonchev–Trinajstić information content (AvgIpc) is 3.20. The van der Waals surface area contributed by atoms with Crippen molar-refractivity contribution in [2.45, 2.75) is 6.92 Å². The van der Waals surface area contributed by atoms with Crippen molar-refractivity contribution in [1.29, 1.82) is 0 Å². The maximum Gasteiger partial charge on any atom is 0.270 e. The van der Waals surface area contributed by atoms with E-state index in [2.05, 4.69) is 0 Å². The molecule has 4 rings (SSSR count). The third kappa shape index (κ3) is 6.36. The number of hydrogen-bond donors (Lipinski definition) is 0. The summed E-state index contributed by atoms with van der Waals surface area (Å²) < 4.78 is 28.5. The lowest BCUT2D eigenvalue weighted by Gasteiger charge is -2.15. The van der Waals surface area contributed by atoms with Crippen molar-refractivity contribution in [2.24, 2.45) is 0 Å². The molecule has 1 amide bonds. The normalized spacial score (nSPS) is 14.1. The fourth-order valence-electron chi connectivity index (χ4n) is 3.62. The van der Waals surface area contributed by atoms with Crippen molar-refractivity contribution in [3.8, 4) is 28.7 Å². The second kappa shape index (κ2) is 12.5. The molecule has 0 radical (unpaired) electrons. The average molecular weight is 538 g/mol. The molecule has 9 heteroatoms. The van der Waals surface area contributed by atoms with Gasteiger partial charge in [0.2, 0.25) is 0 Å². The Morgan fingerprint density at radius 3 is 2.16 bits per heavy atom. The first-order valence-electron chi connectivity index (χ1n) is 11.6. The number of thioether (sulfide) groups is 1. The molecule has 1 aliphatic rings. The number of nitrogens with zero attached hydrogens (tertiary/aromatic N) is 1. The molecule has 37 heavy (non-hydrogen) atoms. The number of methoxy groups -OCH3 is 2. The number of ether oxygens (including phenoxy) is 5. The lowest BCUT2D eigenvalue weighted by molar-refractivity contribution is -0.113. The van der Waals surface area contributed by atoms with Crippen LogP contribution in [0.3, 0.4) is 0 Å². The fraction of sp³-hybridized carbons (Fsp3) is 0.214. The zero-order valence-electron chi connectivity index (χ0n) is 20.8. The van der Waals surface area contributed by atoms with E-state index in [0.717, 1.165) is 5.56 Å².